The van der Waals surface area contributed by atoms with Crippen molar-refractivity contribution in [1.82, 2.24) is 19.5 Å². The molecule has 4 rings (SSSR count). The number of methoxy groups -OCH3 is 1. The van der Waals surface area contributed by atoms with Gasteiger partial charge in [0.15, 0.2) is 34.7 Å². The summed E-state index contributed by atoms with van der Waals surface area (Å²) in [5, 5.41) is 42.8. The van der Waals surface area contributed by atoms with E-state index in [1.807, 2.05) is 0 Å². The third-order valence-corrected chi connectivity index (χ3v) is 5.10. The maximum atomic E-state index is 10.3. The number of aliphatic hydroxyl groups excluding tert-OH is 3. The Labute approximate surface area is 175 Å². The van der Waals surface area contributed by atoms with E-state index >= 15 is 0 Å². The van der Waals surface area contributed by atoms with Crippen molar-refractivity contribution in [2.75, 3.05) is 19.0 Å². The minimum atomic E-state index is -1.29. The summed E-state index contributed by atoms with van der Waals surface area (Å²) in [5.74, 6) is 0.646. The molecule has 0 aliphatic carbocycles. The lowest BCUT2D eigenvalue weighted by atomic mass is 10.1. The number of ether oxygens (including phenoxy) is 2. The SMILES string of the molecule is COc1cccc(CNc2nc(Cl)nc3c2ncn3[C@@H]2O[C@H](CO)[C@@H](O)[C@H]2O)c1O. The van der Waals surface area contributed by atoms with Crippen molar-refractivity contribution >= 4 is 28.6 Å². The van der Waals surface area contributed by atoms with Crippen LogP contribution in [0.4, 0.5) is 5.82 Å². The van der Waals surface area contributed by atoms with Crippen LogP contribution in [0.2, 0.25) is 5.28 Å². The number of halogens is 1. The molecule has 1 aliphatic heterocycles. The monoisotopic (exact) mass is 437 g/mol. The lowest BCUT2D eigenvalue weighted by molar-refractivity contribution is -0.0511. The van der Waals surface area contributed by atoms with Crippen molar-refractivity contribution in [2.24, 2.45) is 0 Å². The smallest absolute Gasteiger partial charge is 0.226 e. The summed E-state index contributed by atoms with van der Waals surface area (Å²) in [6.45, 7) is -0.250. The van der Waals surface area contributed by atoms with Crippen molar-refractivity contribution in [3.8, 4) is 11.5 Å². The molecule has 0 unspecified atom stereocenters. The Balaban J connectivity index is 1.65. The first-order chi connectivity index (χ1) is 14.4. The van der Waals surface area contributed by atoms with Crippen LogP contribution >= 0.6 is 11.6 Å². The Morgan fingerprint density at radius 1 is 1.27 bits per heavy atom. The second-order valence-corrected chi connectivity index (χ2v) is 7.05. The van der Waals surface area contributed by atoms with Gasteiger partial charge >= 0.3 is 0 Å². The van der Waals surface area contributed by atoms with Crippen LogP contribution in [0.25, 0.3) is 11.2 Å². The third-order valence-electron chi connectivity index (χ3n) is 4.93. The molecule has 1 aromatic carbocycles. The molecule has 4 atom stereocenters. The number of aliphatic hydroxyl groups is 3. The minimum Gasteiger partial charge on any atom is -0.504 e. The summed E-state index contributed by atoms with van der Waals surface area (Å²) >= 11 is 6.08. The number of hydrogen-bond donors (Lipinski definition) is 5. The lowest BCUT2D eigenvalue weighted by Crippen LogP contribution is -2.33. The van der Waals surface area contributed by atoms with Crippen LogP contribution in [-0.4, -0.2) is 72.0 Å². The zero-order chi connectivity index (χ0) is 21.4. The molecule has 1 fully saturated rings. The predicted molar refractivity (Wildman–Crippen MR) is 105 cm³/mol. The van der Waals surface area contributed by atoms with Gasteiger partial charge in [0.05, 0.1) is 20.0 Å². The average molecular weight is 438 g/mol. The fraction of sp³-hybridized carbons (Fsp3) is 0.389. The summed E-state index contributed by atoms with van der Waals surface area (Å²) in [7, 11) is 1.46. The van der Waals surface area contributed by atoms with Crippen molar-refractivity contribution in [3.63, 3.8) is 0 Å². The highest BCUT2D eigenvalue weighted by Crippen LogP contribution is 2.33. The number of benzene rings is 1. The number of imidazole rings is 1. The second-order valence-electron chi connectivity index (χ2n) is 6.72. The summed E-state index contributed by atoms with van der Waals surface area (Å²) in [6.07, 6.45) is -3.12. The zero-order valence-electron chi connectivity index (χ0n) is 15.8. The third kappa shape index (κ3) is 3.50. The van der Waals surface area contributed by atoms with Gasteiger partial charge in [-0.25, -0.2) is 4.98 Å². The molecule has 1 aliphatic rings. The second kappa shape index (κ2) is 8.20. The Hall–Kier alpha value is -2.70. The normalized spacial score (nSPS) is 23.8. The van der Waals surface area contributed by atoms with Gasteiger partial charge < -0.3 is 35.2 Å². The molecule has 0 radical (unpaired) electrons. The first-order valence-corrected chi connectivity index (χ1v) is 9.43. The number of aromatic nitrogens is 4. The number of rotatable bonds is 6. The molecule has 2 aromatic heterocycles. The summed E-state index contributed by atoms with van der Waals surface area (Å²) < 4.78 is 12.1. The van der Waals surface area contributed by atoms with Crippen molar-refractivity contribution in [3.05, 3.63) is 35.4 Å². The highest BCUT2D eigenvalue weighted by Gasteiger charge is 2.44. The van der Waals surface area contributed by atoms with Crippen LogP contribution in [0.3, 0.4) is 0 Å². The quantitative estimate of drug-likeness (QED) is 0.342. The molecule has 5 N–H and O–H groups in total. The molecule has 30 heavy (non-hydrogen) atoms. The Kier molecular flexibility index (Phi) is 5.62. The maximum Gasteiger partial charge on any atom is 0.226 e. The predicted octanol–water partition coefficient (Wildman–Crippen LogP) is 0.417. The van der Waals surface area contributed by atoms with Gasteiger partial charge in [0.2, 0.25) is 5.28 Å². The van der Waals surface area contributed by atoms with E-state index < -0.39 is 31.1 Å². The van der Waals surface area contributed by atoms with Crippen molar-refractivity contribution < 1.29 is 29.9 Å². The number of nitrogens with one attached hydrogen (secondary N) is 1. The number of phenolic OH excluding ortho intramolecular Hbond substituents is 1. The minimum absolute atomic E-state index is 0.000868. The molecule has 1 saturated heterocycles. The van der Waals surface area contributed by atoms with Crippen LogP contribution in [-0.2, 0) is 11.3 Å². The molecule has 3 heterocycles. The Bertz CT molecular complexity index is 1060. The number of phenols is 1. The number of hydrogen-bond acceptors (Lipinski definition) is 10. The van der Waals surface area contributed by atoms with Gasteiger partial charge in [-0.1, -0.05) is 12.1 Å². The largest absolute Gasteiger partial charge is 0.504 e. The molecule has 3 aromatic rings. The van der Waals surface area contributed by atoms with E-state index in [2.05, 4.69) is 20.3 Å². The van der Waals surface area contributed by atoms with Gasteiger partial charge in [0, 0.05) is 12.1 Å². The van der Waals surface area contributed by atoms with Crippen LogP contribution in [0, 0.1) is 0 Å². The van der Waals surface area contributed by atoms with Crippen molar-refractivity contribution in [1.29, 1.82) is 0 Å². The molecule has 11 nitrogen and oxygen atoms in total. The molecular weight excluding hydrogens is 418 g/mol. The van der Waals surface area contributed by atoms with E-state index in [0.29, 0.717) is 22.6 Å². The Morgan fingerprint density at radius 2 is 2.07 bits per heavy atom. The van der Waals surface area contributed by atoms with Crippen LogP contribution < -0.4 is 10.1 Å². The standard InChI is InChI=1S/C18H20ClN5O6/c1-29-9-4-2-3-8(12(9)26)5-20-15-11-16(23-18(19)22-15)24(7-21-11)17-14(28)13(27)10(6-25)30-17/h2-4,7,10,13-14,17,25-28H,5-6H2,1H3,(H,20,22,23)/t10-,13-,14-,17-/m1/s1. The highest BCUT2D eigenvalue weighted by molar-refractivity contribution is 6.28. The molecule has 0 spiro atoms. The van der Waals surface area contributed by atoms with Crippen LogP contribution in [0.5, 0.6) is 11.5 Å². The van der Waals surface area contributed by atoms with Gasteiger partial charge in [-0.3, -0.25) is 4.57 Å². The Morgan fingerprint density at radius 3 is 2.77 bits per heavy atom. The van der Waals surface area contributed by atoms with E-state index in [1.54, 1.807) is 18.2 Å². The number of para-hydroxylation sites is 1. The van der Waals surface area contributed by atoms with E-state index in [4.69, 9.17) is 21.1 Å². The summed E-state index contributed by atoms with van der Waals surface area (Å²) in [6, 6.07) is 5.11. The van der Waals surface area contributed by atoms with Gasteiger partial charge in [0.1, 0.15) is 18.3 Å². The topological polar surface area (TPSA) is 155 Å². The van der Waals surface area contributed by atoms with Crippen LogP contribution in [0.1, 0.15) is 11.8 Å². The van der Waals surface area contributed by atoms with Gasteiger partial charge in [-0.15, -0.1) is 0 Å². The maximum absolute atomic E-state index is 10.3. The van der Waals surface area contributed by atoms with E-state index in [-0.39, 0.29) is 23.2 Å². The lowest BCUT2D eigenvalue weighted by Gasteiger charge is -2.16. The average Bonchev–Trinajstić information content (AvgIpc) is 3.28. The van der Waals surface area contributed by atoms with E-state index in [9.17, 15) is 20.4 Å². The zero-order valence-corrected chi connectivity index (χ0v) is 16.6. The van der Waals surface area contributed by atoms with Gasteiger partial charge in [0.25, 0.3) is 0 Å². The fourth-order valence-electron chi connectivity index (χ4n) is 3.36. The van der Waals surface area contributed by atoms with E-state index in [1.165, 1.54) is 18.0 Å². The van der Waals surface area contributed by atoms with Gasteiger partial charge in [-0.2, -0.15) is 9.97 Å². The molecule has 0 bridgehead atoms. The summed E-state index contributed by atoms with van der Waals surface area (Å²) in [5.41, 5.74) is 1.18. The summed E-state index contributed by atoms with van der Waals surface area (Å²) in [4.78, 5) is 12.6. The fourth-order valence-corrected chi connectivity index (χ4v) is 3.53. The molecule has 0 amide bonds. The molecule has 12 heteroatoms. The highest BCUT2D eigenvalue weighted by atomic mass is 35.5. The number of anilines is 1. The number of fused-ring (bicyclic) bond motifs is 1. The first kappa shape index (κ1) is 20.6. The molecule has 160 valence electrons. The number of nitrogens with zero attached hydrogens (tertiary/aromatic N) is 4. The molecule has 0 saturated carbocycles. The van der Waals surface area contributed by atoms with E-state index in [0.717, 1.165) is 0 Å². The number of aromatic hydroxyl groups is 1. The van der Waals surface area contributed by atoms with Crippen molar-refractivity contribution in [2.45, 2.75) is 31.1 Å². The van der Waals surface area contributed by atoms with Crippen LogP contribution in [0.15, 0.2) is 24.5 Å². The van der Waals surface area contributed by atoms with Gasteiger partial charge in [-0.05, 0) is 17.7 Å². The first-order valence-electron chi connectivity index (χ1n) is 9.05. The molecular formula is C18H20ClN5O6.